The molecule has 1 saturated heterocycles. The maximum atomic E-state index is 13.9. The van der Waals surface area contributed by atoms with Crippen LogP contribution in [0.3, 0.4) is 0 Å². The molecule has 9 heteroatoms. The van der Waals surface area contributed by atoms with Gasteiger partial charge in [-0.15, -0.1) is 0 Å². The van der Waals surface area contributed by atoms with Gasteiger partial charge in [0.1, 0.15) is 23.8 Å². The van der Waals surface area contributed by atoms with Gasteiger partial charge in [-0.05, 0) is 29.8 Å². The number of ether oxygens (including phenoxy) is 1. The average molecular weight is 433 g/mol. The minimum Gasteiger partial charge on any atom is -0.442 e. The standard InChI is InChI=1S/C21H19ClF2N4O2/c22-17-3-1-2-4-18(17)28-20(13-7-14(23)9-15(24)8-13)19(30-21(28)29)11-25-6-5-16-10-26-12-27-16/h1-4,7-10,12,19-20,25H,5-6,11H2,(H,26,27)/t19-,20-/m0/s1. The van der Waals surface area contributed by atoms with Crippen molar-refractivity contribution >= 4 is 23.4 Å². The van der Waals surface area contributed by atoms with E-state index in [9.17, 15) is 13.6 Å². The van der Waals surface area contributed by atoms with Gasteiger partial charge < -0.3 is 15.0 Å². The Bertz CT molecular complexity index is 1010. The molecule has 0 aliphatic carbocycles. The third-order valence-corrected chi connectivity index (χ3v) is 5.21. The van der Waals surface area contributed by atoms with Gasteiger partial charge in [0.05, 0.1) is 17.0 Å². The maximum absolute atomic E-state index is 13.9. The minimum atomic E-state index is -0.748. The smallest absolute Gasteiger partial charge is 0.415 e. The summed E-state index contributed by atoms with van der Waals surface area (Å²) >= 11 is 6.29. The Balaban J connectivity index is 1.60. The van der Waals surface area contributed by atoms with E-state index in [2.05, 4.69) is 15.3 Å². The van der Waals surface area contributed by atoms with Gasteiger partial charge in [-0.25, -0.2) is 18.6 Å². The van der Waals surface area contributed by atoms with E-state index >= 15 is 0 Å². The van der Waals surface area contributed by atoms with Crippen molar-refractivity contribution in [1.82, 2.24) is 15.3 Å². The molecule has 1 amide bonds. The molecule has 0 spiro atoms. The Morgan fingerprint density at radius 1 is 1.20 bits per heavy atom. The van der Waals surface area contributed by atoms with Crippen LogP contribution in [0.2, 0.25) is 5.02 Å². The van der Waals surface area contributed by atoms with E-state index in [4.69, 9.17) is 16.3 Å². The number of H-pyrrole nitrogens is 1. The van der Waals surface area contributed by atoms with E-state index in [-0.39, 0.29) is 0 Å². The first-order valence-electron chi connectivity index (χ1n) is 9.41. The highest BCUT2D eigenvalue weighted by atomic mass is 35.5. The molecule has 0 radical (unpaired) electrons. The normalized spacial score (nSPS) is 18.6. The van der Waals surface area contributed by atoms with Crippen molar-refractivity contribution in [3.63, 3.8) is 0 Å². The van der Waals surface area contributed by atoms with E-state index in [1.54, 1.807) is 36.8 Å². The number of hydrogen-bond acceptors (Lipinski definition) is 4. The molecule has 1 fully saturated rings. The molecule has 1 aliphatic rings. The topological polar surface area (TPSA) is 70.2 Å². The van der Waals surface area contributed by atoms with Crippen molar-refractivity contribution in [1.29, 1.82) is 0 Å². The van der Waals surface area contributed by atoms with E-state index < -0.39 is 29.9 Å². The average Bonchev–Trinajstić information content (AvgIpc) is 3.32. The number of hydrogen-bond donors (Lipinski definition) is 2. The zero-order valence-electron chi connectivity index (χ0n) is 15.8. The lowest BCUT2D eigenvalue weighted by atomic mass is 9.99. The van der Waals surface area contributed by atoms with Gasteiger partial charge in [-0.3, -0.25) is 4.90 Å². The molecule has 1 aromatic heterocycles. The van der Waals surface area contributed by atoms with Crippen LogP contribution >= 0.6 is 11.6 Å². The Morgan fingerprint density at radius 2 is 1.97 bits per heavy atom. The van der Waals surface area contributed by atoms with Crippen LogP contribution in [-0.4, -0.2) is 35.3 Å². The molecule has 4 rings (SSSR count). The number of carbonyl (C=O) groups excluding carboxylic acids is 1. The number of carbonyl (C=O) groups is 1. The van der Waals surface area contributed by atoms with Crippen LogP contribution in [0.15, 0.2) is 55.0 Å². The number of imidazole rings is 1. The van der Waals surface area contributed by atoms with Crippen LogP contribution in [0.4, 0.5) is 19.3 Å². The minimum absolute atomic E-state index is 0.290. The molecule has 2 N–H and O–H groups in total. The number of nitrogens with one attached hydrogen (secondary N) is 2. The number of benzene rings is 2. The fourth-order valence-corrected chi connectivity index (χ4v) is 3.80. The zero-order valence-corrected chi connectivity index (χ0v) is 16.6. The van der Waals surface area contributed by atoms with Crippen molar-refractivity contribution in [3.8, 4) is 0 Å². The summed E-state index contributed by atoms with van der Waals surface area (Å²) in [6.45, 7) is 0.899. The molecule has 1 aliphatic heterocycles. The summed E-state index contributed by atoms with van der Waals surface area (Å²) in [6, 6.07) is 9.23. The lowest BCUT2D eigenvalue weighted by molar-refractivity contribution is 0.130. The molecule has 2 atom stereocenters. The predicted molar refractivity (Wildman–Crippen MR) is 108 cm³/mol. The van der Waals surface area contributed by atoms with Crippen molar-refractivity contribution < 1.29 is 18.3 Å². The summed E-state index contributed by atoms with van der Waals surface area (Å²) in [5, 5.41) is 3.57. The molecule has 6 nitrogen and oxygen atoms in total. The summed E-state index contributed by atoms with van der Waals surface area (Å²) in [5.41, 5.74) is 1.67. The number of amides is 1. The number of rotatable bonds is 7. The number of anilines is 1. The summed E-state index contributed by atoms with van der Waals surface area (Å²) in [5.74, 6) is -1.45. The number of para-hydroxylation sites is 1. The molecule has 2 aromatic carbocycles. The molecular formula is C21H19ClF2N4O2. The zero-order chi connectivity index (χ0) is 21.1. The molecule has 0 saturated carbocycles. The number of nitrogens with zero attached hydrogens (tertiary/aromatic N) is 2. The van der Waals surface area contributed by atoms with Gasteiger partial charge in [0, 0.05) is 37.5 Å². The molecule has 30 heavy (non-hydrogen) atoms. The third-order valence-electron chi connectivity index (χ3n) is 4.89. The van der Waals surface area contributed by atoms with Crippen molar-refractivity contribution in [2.75, 3.05) is 18.0 Å². The predicted octanol–water partition coefficient (Wildman–Crippen LogP) is 4.24. The highest BCUT2D eigenvalue weighted by Gasteiger charge is 2.44. The molecule has 2 heterocycles. The largest absolute Gasteiger partial charge is 0.442 e. The van der Waals surface area contributed by atoms with Gasteiger partial charge in [-0.2, -0.15) is 0 Å². The number of cyclic esters (lactones) is 1. The summed E-state index contributed by atoms with van der Waals surface area (Å²) in [7, 11) is 0. The van der Waals surface area contributed by atoms with Crippen LogP contribution in [0.1, 0.15) is 17.3 Å². The van der Waals surface area contributed by atoms with Crippen molar-refractivity contribution in [2.45, 2.75) is 18.6 Å². The second-order valence-corrected chi connectivity index (χ2v) is 7.33. The van der Waals surface area contributed by atoms with Crippen molar-refractivity contribution in [3.05, 3.63) is 82.9 Å². The molecular weight excluding hydrogens is 414 g/mol. The van der Waals surface area contributed by atoms with Crippen LogP contribution in [0.25, 0.3) is 0 Å². The second kappa shape index (κ2) is 8.81. The lowest BCUT2D eigenvalue weighted by Gasteiger charge is -2.26. The van der Waals surface area contributed by atoms with Gasteiger partial charge >= 0.3 is 6.09 Å². The molecule has 0 unspecified atom stereocenters. The Hall–Kier alpha value is -2.97. The number of halogens is 3. The Labute approximate surface area is 176 Å². The van der Waals surface area contributed by atoms with Gasteiger partial charge in [0.2, 0.25) is 0 Å². The second-order valence-electron chi connectivity index (χ2n) is 6.92. The molecule has 3 aromatic rings. The first-order chi connectivity index (χ1) is 14.5. The first kappa shape index (κ1) is 20.3. The number of aromatic amines is 1. The molecule has 156 valence electrons. The SMILES string of the molecule is O=C1O[C@@H](CNCCc2cnc[nH]2)[C@H](c2cc(F)cc(F)c2)N1c1ccccc1Cl. The molecule has 0 bridgehead atoms. The third kappa shape index (κ3) is 4.29. The van der Waals surface area contributed by atoms with Crippen LogP contribution < -0.4 is 10.2 Å². The van der Waals surface area contributed by atoms with Gasteiger partial charge in [0.15, 0.2) is 0 Å². The van der Waals surface area contributed by atoms with E-state index in [0.29, 0.717) is 35.8 Å². The van der Waals surface area contributed by atoms with Gasteiger partial charge in [0.25, 0.3) is 0 Å². The van der Waals surface area contributed by atoms with E-state index in [1.165, 1.54) is 17.0 Å². The Morgan fingerprint density at radius 3 is 2.67 bits per heavy atom. The highest BCUT2D eigenvalue weighted by Crippen LogP contribution is 2.40. The van der Waals surface area contributed by atoms with E-state index in [0.717, 1.165) is 11.8 Å². The maximum Gasteiger partial charge on any atom is 0.415 e. The van der Waals surface area contributed by atoms with Crippen LogP contribution in [0.5, 0.6) is 0 Å². The summed E-state index contributed by atoms with van der Waals surface area (Å²) in [4.78, 5) is 21.0. The van der Waals surface area contributed by atoms with Gasteiger partial charge in [-0.1, -0.05) is 23.7 Å². The quantitative estimate of drug-likeness (QED) is 0.548. The monoisotopic (exact) mass is 432 g/mol. The highest BCUT2D eigenvalue weighted by molar-refractivity contribution is 6.33. The first-order valence-corrected chi connectivity index (χ1v) is 9.79. The van der Waals surface area contributed by atoms with Crippen LogP contribution in [0, 0.1) is 11.6 Å². The fourth-order valence-electron chi connectivity index (χ4n) is 3.58. The van der Waals surface area contributed by atoms with Crippen molar-refractivity contribution in [2.24, 2.45) is 0 Å². The summed E-state index contributed by atoms with van der Waals surface area (Å²) in [6.07, 6.45) is 2.74. The summed E-state index contributed by atoms with van der Waals surface area (Å²) < 4.78 is 33.5. The van der Waals surface area contributed by atoms with Crippen LogP contribution in [-0.2, 0) is 11.2 Å². The number of aromatic nitrogens is 2. The Kier molecular flexibility index (Phi) is 5.96. The van der Waals surface area contributed by atoms with E-state index in [1.807, 2.05) is 0 Å². The lowest BCUT2D eigenvalue weighted by Crippen LogP contribution is -2.35. The fraction of sp³-hybridized carbons (Fsp3) is 0.238.